The molecule has 4 heteroatoms. The van der Waals surface area contributed by atoms with Gasteiger partial charge in [0.2, 0.25) is 0 Å². The van der Waals surface area contributed by atoms with Crippen molar-refractivity contribution in [3.63, 3.8) is 0 Å². The monoisotopic (exact) mass is 610 g/mol. The molecule has 0 radical (unpaired) electrons. The molecule has 9 aromatic rings. The van der Waals surface area contributed by atoms with Crippen LogP contribution in [0.15, 0.2) is 158 Å². The average molecular weight is 611 g/mol. The molecule has 48 heavy (non-hydrogen) atoms. The zero-order valence-electron chi connectivity index (χ0n) is 25.8. The van der Waals surface area contributed by atoms with E-state index in [4.69, 9.17) is 0 Å². The molecule has 2 aromatic heterocycles. The first-order valence-electron chi connectivity index (χ1n) is 15.9. The lowest BCUT2D eigenvalue weighted by Crippen LogP contribution is -1.99. The van der Waals surface area contributed by atoms with Crippen LogP contribution in [0.25, 0.3) is 77.2 Å². The second-order valence-electron chi connectivity index (χ2n) is 12.0. The molecule has 0 spiro atoms. The van der Waals surface area contributed by atoms with Crippen molar-refractivity contribution in [3.8, 4) is 45.8 Å². The van der Waals surface area contributed by atoms with Gasteiger partial charge in [0.15, 0.2) is 0 Å². The SMILES string of the molecule is N#Cc1ccc(-c2ccc(C#N)c(-c3cccc(-n4c5ccccc5c5ccccc54)c3)c2)c(-n2c3ccccc3c3ccccc32)c1. The Morgan fingerprint density at radius 2 is 0.938 bits per heavy atom. The van der Waals surface area contributed by atoms with Crippen LogP contribution in [-0.4, -0.2) is 9.13 Å². The molecule has 0 aliphatic heterocycles. The van der Waals surface area contributed by atoms with E-state index in [1.807, 2.05) is 30.3 Å². The Morgan fingerprint density at radius 1 is 0.396 bits per heavy atom. The van der Waals surface area contributed by atoms with E-state index in [0.717, 1.165) is 66.5 Å². The Bertz CT molecular complexity index is 2710. The summed E-state index contributed by atoms with van der Waals surface area (Å²) in [6.45, 7) is 0. The van der Waals surface area contributed by atoms with Crippen molar-refractivity contribution in [1.29, 1.82) is 10.5 Å². The van der Waals surface area contributed by atoms with Crippen LogP contribution < -0.4 is 0 Å². The maximum absolute atomic E-state index is 10.3. The number of benzene rings is 7. The van der Waals surface area contributed by atoms with E-state index >= 15 is 0 Å². The smallest absolute Gasteiger partial charge is 0.0998 e. The lowest BCUT2D eigenvalue weighted by Gasteiger charge is -2.16. The summed E-state index contributed by atoms with van der Waals surface area (Å²) in [5, 5.41) is 25.0. The summed E-state index contributed by atoms with van der Waals surface area (Å²) < 4.78 is 4.55. The molecule has 0 saturated carbocycles. The lowest BCUT2D eigenvalue weighted by molar-refractivity contribution is 1.18. The zero-order valence-corrected chi connectivity index (χ0v) is 25.8. The van der Waals surface area contributed by atoms with Gasteiger partial charge in [0.1, 0.15) is 0 Å². The maximum Gasteiger partial charge on any atom is 0.0998 e. The molecule has 0 unspecified atom stereocenters. The molecule has 0 bridgehead atoms. The van der Waals surface area contributed by atoms with E-state index in [0.29, 0.717) is 11.1 Å². The molecular formula is C44H26N4. The lowest BCUT2D eigenvalue weighted by atomic mass is 9.93. The first-order chi connectivity index (χ1) is 23.7. The van der Waals surface area contributed by atoms with Crippen LogP contribution in [0.5, 0.6) is 0 Å². The fraction of sp³-hybridized carbons (Fsp3) is 0. The number of aromatic nitrogens is 2. The summed E-state index contributed by atoms with van der Waals surface area (Å²) in [6, 6.07) is 58.8. The van der Waals surface area contributed by atoms with E-state index < -0.39 is 0 Å². The molecule has 0 aliphatic carbocycles. The first kappa shape index (κ1) is 27.4. The molecule has 2 heterocycles. The summed E-state index contributed by atoms with van der Waals surface area (Å²) in [4.78, 5) is 0. The molecule has 0 atom stereocenters. The molecule has 222 valence electrons. The minimum atomic E-state index is 0.586. The highest BCUT2D eigenvalue weighted by Gasteiger charge is 2.18. The summed E-state index contributed by atoms with van der Waals surface area (Å²) in [5.74, 6) is 0. The van der Waals surface area contributed by atoms with E-state index in [1.54, 1.807) is 0 Å². The van der Waals surface area contributed by atoms with Gasteiger partial charge in [-0.15, -0.1) is 0 Å². The van der Waals surface area contributed by atoms with Crippen LogP contribution >= 0.6 is 0 Å². The van der Waals surface area contributed by atoms with Crippen LogP contribution in [0.4, 0.5) is 0 Å². The van der Waals surface area contributed by atoms with Crippen molar-refractivity contribution in [1.82, 2.24) is 9.13 Å². The van der Waals surface area contributed by atoms with E-state index in [1.165, 1.54) is 10.8 Å². The molecular weight excluding hydrogens is 585 g/mol. The van der Waals surface area contributed by atoms with Gasteiger partial charge in [0.05, 0.1) is 51.0 Å². The predicted octanol–water partition coefficient (Wildman–Crippen LogP) is 11.0. The average Bonchev–Trinajstić information content (AvgIpc) is 3.67. The second kappa shape index (κ2) is 10.9. The number of fused-ring (bicyclic) bond motifs is 6. The molecule has 4 nitrogen and oxygen atoms in total. The van der Waals surface area contributed by atoms with E-state index in [2.05, 4.69) is 149 Å². The van der Waals surface area contributed by atoms with Gasteiger partial charge in [-0.3, -0.25) is 0 Å². The summed E-state index contributed by atoms with van der Waals surface area (Å²) in [5.41, 5.74) is 11.3. The van der Waals surface area contributed by atoms with Gasteiger partial charge >= 0.3 is 0 Å². The Labute approximate surface area is 277 Å². The Hall–Kier alpha value is -6.88. The van der Waals surface area contributed by atoms with Crippen molar-refractivity contribution in [2.24, 2.45) is 0 Å². The highest BCUT2D eigenvalue weighted by molar-refractivity contribution is 6.10. The summed E-state index contributed by atoms with van der Waals surface area (Å²) >= 11 is 0. The molecule has 0 aliphatic rings. The highest BCUT2D eigenvalue weighted by atomic mass is 15.0. The third kappa shape index (κ3) is 4.14. The van der Waals surface area contributed by atoms with Crippen LogP contribution in [-0.2, 0) is 0 Å². The van der Waals surface area contributed by atoms with Crippen molar-refractivity contribution in [2.75, 3.05) is 0 Å². The standard InChI is InChI=1S/C44H26N4/c45-27-29-20-23-34(44(24-29)48-42-18-7-3-14-37(42)38-15-4-8-19-43(38)48)31-21-22-32(28-46)39(26-31)30-10-9-11-33(25-30)47-40-16-5-1-12-35(40)36-13-2-6-17-41(36)47/h1-26H. The molecule has 0 fully saturated rings. The minimum absolute atomic E-state index is 0.586. The fourth-order valence-corrected chi connectivity index (χ4v) is 7.27. The van der Waals surface area contributed by atoms with Crippen LogP contribution in [0.2, 0.25) is 0 Å². The van der Waals surface area contributed by atoms with Gasteiger partial charge in [-0.2, -0.15) is 10.5 Å². The molecule has 0 amide bonds. The van der Waals surface area contributed by atoms with Gasteiger partial charge in [-0.05, 0) is 71.8 Å². The van der Waals surface area contributed by atoms with E-state index in [-0.39, 0.29) is 0 Å². The van der Waals surface area contributed by atoms with Gasteiger partial charge in [0.25, 0.3) is 0 Å². The highest BCUT2D eigenvalue weighted by Crippen LogP contribution is 2.39. The Kier molecular flexibility index (Phi) is 6.22. The number of hydrogen-bond donors (Lipinski definition) is 0. The molecule has 7 aromatic carbocycles. The van der Waals surface area contributed by atoms with Crippen LogP contribution in [0, 0.1) is 22.7 Å². The third-order valence-electron chi connectivity index (χ3n) is 9.39. The maximum atomic E-state index is 10.3. The zero-order chi connectivity index (χ0) is 32.2. The van der Waals surface area contributed by atoms with Gasteiger partial charge in [0, 0.05) is 38.4 Å². The topological polar surface area (TPSA) is 57.4 Å². The minimum Gasteiger partial charge on any atom is -0.309 e. The largest absolute Gasteiger partial charge is 0.309 e. The summed E-state index contributed by atoms with van der Waals surface area (Å²) in [6.07, 6.45) is 0. The van der Waals surface area contributed by atoms with Crippen LogP contribution in [0.1, 0.15) is 11.1 Å². The predicted molar refractivity (Wildman–Crippen MR) is 195 cm³/mol. The second-order valence-corrected chi connectivity index (χ2v) is 12.0. The van der Waals surface area contributed by atoms with Crippen molar-refractivity contribution >= 4 is 43.6 Å². The first-order valence-corrected chi connectivity index (χ1v) is 15.9. The van der Waals surface area contributed by atoms with Gasteiger partial charge in [-0.25, -0.2) is 0 Å². The summed E-state index contributed by atoms with van der Waals surface area (Å²) in [7, 11) is 0. The number of nitriles is 2. The Morgan fingerprint density at radius 3 is 1.50 bits per heavy atom. The van der Waals surface area contributed by atoms with E-state index in [9.17, 15) is 10.5 Å². The van der Waals surface area contributed by atoms with Crippen molar-refractivity contribution in [3.05, 3.63) is 169 Å². The molecule has 0 N–H and O–H groups in total. The fourth-order valence-electron chi connectivity index (χ4n) is 7.27. The van der Waals surface area contributed by atoms with Crippen LogP contribution in [0.3, 0.4) is 0 Å². The number of rotatable bonds is 4. The van der Waals surface area contributed by atoms with Crippen molar-refractivity contribution < 1.29 is 0 Å². The number of nitrogens with zero attached hydrogens (tertiary/aromatic N) is 4. The molecule has 9 rings (SSSR count). The number of para-hydroxylation sites is 4. The van der Waals surface area contributed by atoms with Gasteiger partial charge < -0.3 is 9.13 Å². The van der Waals surface area contributed by atoms with Crippen molar-refractivity contribution in [2.45, 2.75) is 0 Å². The molecule has 0 saturated heterocycles. The van der Waals surface area contributed by atoms with Gasteiger partial charge in [-0.1, -0.05) is 97.1 Å². The normalized spacial score (nSPS) is 11.3. The third-order valence-corrected chi connectivity index (χ3v) is 9.39. The Balaban J connectivity index is 1.26. The quantitative estimate of drug-likeness (QED) is 0.199. The number of hydrogen-bond acceptors (Lipinski definition) is 2.